The third kappa shape index (κ3) is 6.20. The second-order valence-corrected chi connectivity index (χ2v) is 8.54. The van der Waals surface area contributed by atoms with Gasteiger partial charge >= 0.3 is 10.1 Å². The van der Waals surface area contributed by atoms with Gasteiger partial charge in [0.05, 0.1) is 0 Å². The summed E-state index contributed by atoms with van der Waals surface area (Å²) in [6.07, 6.45) is 0. The summed E-state index contributed by atoms with van der Waals surface area (Å²) in [4.78, 5) is 12.4. The average Bonchev–Trinajstić information content (AvgIpc) is 3.46. The van der Waals surface area contributed by atoms with Crippen LogP contribution in [0.3, 0.4) is 0 Å². The van der Waals surface area contributed by atoms with Gasteiger partial charge < -0.3 is 30.3 Å². The molecular weight excluding hydrogens is 466 g/mol. The van der Waals surface area contributed by atoms with E-state index in [4.69, 9.17) is 4.28 Å². The van der Waals surface area contributed by atoms with Crippen LogP contribution < -0.4 is 9.84 Å². The molecule has 172 valence electrons. The second kappa shape index (κ2) is 11.0. The first kappa shape index (κ1) is 25.1. The van der Waals surface area contributed by atoms with Gasteiger partial charge in [-0.25, -0.2) is 0 Å². The Morgan fingerprint density at radius 2 is 1.47 bits per heavy atom. The fourth-order valence-corrected chi connectivity index (χ4v) is 3.77. The van der Waals surface area contributed by atoms with E-state index in [0.29, 0.717) is 11.1 Å². The molecule has 0 radical (unpaired) electrons. The standard InChI is InChI=1S/C20H18NO4S.C5H5.Fe/c1-14-8-10-18(11-9-14)26(23,24)25-21-19(12-15(2)13-20(21)22)16(3)17-6-4-5-7-17;1-2-4-5-3-1;/h4-13H,3H2,1-2H3;1-5H;/q-1;-5;. The second-order valence-electron chi connectivity index (χ2n) is 7.01. The SMILES string of the molecule is C=C(c1cc(C)cc(=O)n1OS(=O)(=O)c1ccc(C)cc1)[c-]1cccc1.[Fe].[cH-]1[cH-][cH-][cH-][cH-]1. The number of aromatic nitrogens is 1. The minimum absolute atomic E-state index is 0. The summed E-state index contributed by atoms with van der Waals surface area (Å²) >= 11 is 0. The third-order valence-electron chi connectivity index (χ3n) is 4.49. The first-order chi connectivity index (χ1) is 14.8. The topological polar surface area (TPSA) is 65.4 Å². The molecular formula is C25H23FeNO4S-6. The summed E-state index contributed by atoms with van der Waals surface area (Å²) in [5, 5.41) is 0. The van der Waals surface area contributed by atoms with Crippen molar-refractivity contribution in [2.24, 2.45) is 0 Å². The molecule has 0 fully saturated rings. The fourth-order valence-electron chi connectivity index (χ4n) is 2.86. The van der Waals surface area contributed by atoms with Crippen molar-refractivity contribution >= 4 is 15.7 Å². The molecule has 0 atom stereocenters. The van der Waals surface area contributed by atoms with Crippen molar-refractivity contribution in [3.63, 3.8) is 0 Å². The number of pyridine rings is 1. The maximum atomic E-state index is 12.6. The van der Waals surface area contributed by atoms with Crippen molar-refractivity contribution in [1.82, 2.24) is 4.73 Å². The number of benzene rings is 1. The number of nitrogens with zero attached hydrogens (tertiary/aromatic N) is 1. The molecule has 7 heteroatoms. The Hall–Kier alpha value is -3.12. The van der Waals surface area contributed by atoms with Crippen molar-refractivity contribution in [2.75, 3.05) is 0 Å². The zero-order valence-corrected chi connectivity index (χ0v) is 19.6. The van der Waals surface area contributed by atoms with Crippen molar-refractivity contribution in [2.45, 2.75) is 18.7 Å². The van der Waals surface area contributed by atoms with Gasteiger partial charge in [0.25, 0.3) is 5.56 Å². The van der Waals surface area contributed by atoms with Gasteiger partial charge in [0.15, 0.2) is 0 Å². The Morgan fingerprint density at radius 1 is 0.938 bits per heavy atom. The molecule has 0 bridgehead atoms. The van der Waals surface area contributed by atoms with Gasteiger partial charge in [0, 0.05) is 28.8 Å². The van der Waals surface area contributed by atoms with E-state index in [2.05, 4.69) is 6.58 Å². The number of hydrogen-bond acceptors (Lipinski definition) is 4. The van der Waals surface area contributed by atoms with E-state index in [1.807, 2.05) is 61.5 Å². The predicted molar refractivity (Wildman–Crippen MR) is 123 cm³/mol. The Bertz CT molecular complexity index is 1280. The minimum atomic E-state index is -4.17. The first-order valence-electron chi connectivity index (χ1n) is 9.61. The van der Waals surface area contributed by atoms with E-state index >= 15 is 0 Å². The third-order valence-corrected chi connectivity index (χ3v) is 5.69. The molecule has 0 aliphatic rings. The van der Waals surface area contributed by atoms with Crippen LogP contribution in [0.2, 0.25) is 0 Å². The monoisotopic (exact) mass is 489 g/mol. The van der Waals surface area contributed by atoms with Crippen LogP contribution in [0.25, 0.3) is 5.57 Å². The molecule has 5 nitrogen and oxygen atoms in total. The minimum Gasteiger partial charge on any atom is -0.748 e. The zero-order chi connectivity index (χ0) is 22.4. The average molecular weight is 489 g/mol. The normalized spacial score (nSPS) is 10.4. The molecule has 1 aromatic heterocycles. The van der Waals surface area contributed by atoms with Crippen LogP contribution in [-0.2, 0) is 27.2 Å². The Balaban J connectivity index is 0.000000534. The van der Waals surface area contributed by atoms with Gasteiger partial charge in [-0.1, -0.05) is 40.5 Å². The molecule has 4 rings (SSSR count). The van der Waals surface area contributed by atoms with Crippen LogP contribution in [0.4, 0.5) is 0 Å². The van der Waals surface area contributed by atoms with Gasteiger partial charge in [-0.2, -0.15) is 31.9 Å². The van der Waals surface area contributed by atoms with Gasteiger partial charge in [0.2, 0.25) is 0 Å². The summed E-state index contributed by atoms with van der Waals surface area (Å²) in [5.41, 5.74) is 2.59. The van der Waals surface area contributed by atoms with Crippen LogP contribution >= 0.6 is 0 Å². The quantitative estimate of drug-likeness (QED) is 0.307. The van der Waals surface area contributed by atoms with E-state index in [0.717, 1.165) is 15.9 Å². The Morgan fingerprint density at radius 3 is 2.00 bits per heavy atom. The van der Waals surface area contributed by atoms with E-state index in [-0.39, 0.29) is 27.7 Å². The number of rotatable bonds is 5. The number of hydrogen-bond donors (Lipinski definition) is 0. The summed E-state index contributed by atoms with van der Waals surface area (Å²) < 4.78 is 31.2. The van der Waals surface area contributed by atoms with E-state index in [1.54, 1.807) is 25.1 Å². The summed E-state index contributed by atoms with van der Waals surface area (Å²) in [5.74, 6) is 0. The molecule has 0 saturated carbocycles. The molecule has 0 aliphatic heterocycles. The molecule has 0 aliphatic carbocycles. The van der Waals surface area contributed by atoms with Crippen LogP contribution in [0.5, 0.6) is 0 Å². The molecule has 0 spiro atoms. The molecule has 0 saturated heterocycles. The maximum Gasteiger partial charge on any atom is 0.356 e. The Kier molecular flexibility index (Phi) is 8.61. The van der Waals surface area contributed by atoms with Crippen molar-refractivity contribution in [1.29, 1.82) is 0 Å². The van der Waals surface area contributed by atoms with Crippen LogP contribution in [0.15, 0.2) is 107 Å². The van der Waals surface area contributed by atoms with Gasteiger partial charge in [-0.15, -0.1) is 12.1 Å². The summed E-state index contributed by atoms with van der Waals surface area (Å²) in [7, 11) is -4.17. The van der Waals surface area contributed by atoms with Crippen molar-refractivity contribution in [3.8, 4) is 0 Å². The molecule has 3 aromatic carbocycles. The van der Waals surface area contributed by atoms with Crippen LogP contribution in [-0.4, -0.2) is 13.1 Å². The zero-order valence-electron chi connectivity index (χ0n) is 17.7. The molecule has 1 heterocycles. The predicted octanol–water partition coefficient (Wildman–Crippen LogP) is 4.47. The van der Waals surface area contributed by atoms with E-state index in [9.17, 15) is 13.2 Å². The summed E-state index contributed by atoms with van der Waals surface area (Å²) in [6, 6.07) is 26.5. The van der Waals surface area contributed by atoms with Crippen LogP contribution in [0.1, 0.15) is 22.4 Å². The molecule has 0 N–H and O–H groups in total. The van der Waals surface area contributed by atoms with Gasteiger partial charge in [-0.05, 0) is 26.0 Å². The van der Waals surface area contributed by atoms with Gasteiger partial charge in [0.1, 0.15) is 4.90 Å². The first-order valence-corrected chi connectivity index (χ1v) is 11.0. The number of aryl methyl sites for hydroxylation is 2. The largest absolute Gasteiger partial charge is 0.748 e. The van der Waals surface area contributed by atoms with E-state index in [1.165, 1.54) is 18.2 Å². The van der Waals surface area contributed by atoms with Crippen molar-refractivity contribution in [3.05, 3.63) is 130 Å². The van der Waals surface area contributed by atoms with E-state index < -0.39 is 15.7 Å². The maximum absolute atomic E-state index is 12.6. The van der Waals surface area contributed by atoms with Crippen molar-refractivity contribution < 1.29 is 29.8 Å². The van der Waals surface area contributed by atoms with Gasteiger partial charge in [-0.3, -0.25) is 9.08 Å². The molecule has 4 aromatic rings. The molecule has 0 unspecified atom stereocenters. The van der Waals surface area contributed by atoms with Crippen LogP contribution in [0, 0.1) is 13.8 Å². The summed E-state index contributed by atoms with van der Waals surface area (Å²) in [6.45, 7) is 7.59. The molecule has 32 heavy (non-hydrogen) atoms. The smallest absolute Gasteiger partial charge is 0.356 e. The molecule has 0 amide bonds. The Labute approximate surface area is 198 Å². The fraction of sp³-hybridized carbons (Fsp3) is 0.0800.